The second kappa shape index (κ2) is 39.7. The summed E-state index contributed by atoms with van der Waals surface area (Å²) in [5, 5.41) is 41.5. The highest BCUT2D eigenvalue weighted by molar-refractivity contribution is 7.61. The van der Waals surface area contributed by atoms with Crippen molar-refractivity contribution in [2.45, 2.75) is 256 Å². The van der Waals surface area contributed by atoms with Crippen molar-refractivity contribution in [3.8, 4) is 0 Å². The number of aliphatic hydroxyl groups excluding tert-OH is 4. The number of nitrogens with two attached hydrogens (primary N) is 1. The number of carbonyl (C=O) groups is 2. The van der Waals surface area contributed by atoms with Gasteiger partial charge in [-0.05, 0) is 50.5 Å². The molecule has 0 spiro atoms. The number of nitrogens with zero attached hydrogens (tertiary/aromatic N) is 2. The molecule has 0 bridgehead atoms. The minimum absolute atomic E-state index is 0.0235. The molecule has 1 aromatic rings. The minimum atomic E-state index is -5.45. The second-order valence-electron chi connectivity index (χ2n) is 20.2. The van der Waals surface area contributed by atoms with Crippen LogP contribution >= 0.6 is 15.6 Å². The third-order valence-corrected chi connectivity index (χ3v) is 15.6. The Balaban J connectivity index is 1.79. The van der Waals surface area contributed by atoms with Gasteiger partial charge in [0.15, 0.2) is 12.3 Å². The van der Waals surface area contributed by atoms with Gasteiger partial charge >= 0.3 is 33.3 Å². The van der Waals surface area contributed by atoms with Gasteiger partial charge in [-0.1, -0.05) is 174 Å². The Morgan fingerprint density at radius 2 is 1.24 bits per heavy atom. The van der Waals surface area contributed by atoms with Crippen molar-refractivity contribution in [1.82, 2.24) is 9.55 Å². The van der Waals surface area contributed by atoms with Gasteiger partial charge in [0.2, 0.25) is 0 Å². The van der Waals surface area contributed by atoms with Crippen molar-refractivity contribution in [3.63, 3.8) is 0 Å². The highest BCUT2D eigenvalue weighted by Gasteiger charge is 2.46. The average molecular weight is 1100 g/mol. The topological polar surface area (TPSA) is 306 Å². The van der Waals surface area contributed by atoms with Gasteiger partial charge in [-0.3, -0.25) is 23.2 Å². The Kier molecular flexibility index (Phi) is 36.3. The highest BCUT2D eigenvalue weighted by atomic mass is 31.3. The van der Waals surface area contributed by atoms with Crippen molar-refractivity contribution < 1.29 is 76.5 Å². The van der Waals surface area contributed by atoms with Crippen LogP contribution < -0.4 is 11.4 Å². The minimum Gasteiger partial charge on any atom is -0.462 e. The van der Waals surface area contributed by atoms with E-state index >= 15 is 0 Å². The lowest BCUT2D eigenvalue weighted by atomic mass is 10.0. The standard InChI is InChI=1S/C52H95N3O17P2/c1-4-5-6-7-22-27-32-43(56)44(57)33-28-23-20-25-29-34-47(58)67-38-42(70-48(59)35-30-24-19-17-15-13-11-9-8-10-12-14-16-18-21-26-31-41(2)3)39-68-73(63,64)72-74(65,66)69-40-45-49(60)50(61)51(71-45)55-37-36-46(53)54-52(55)62/h22,27,36-37,41-45,49-51,56-57,60-61H,4-21,23-26,28-35,38-40H2,1-3H3,(H,63,64)(H,65,66)(H2,53,54,62)/b27-22-/t42-,43-,44-,45-,49-,50-,51-/m1/s1. The van der Waals surface area contributed by atoms with E-state index in [0.29, 0.717) is 38.5 Å². The van der Waals surface area contributed by atoms with Gasteiger partial charge in [-0.25, -0.2) is 13.9 Å². The molecule has 1 aliphatic rings. The molecule has 8 N–H and O–H groups in total. The van der Waals surface area contributed by atoms with E-state index in [9.17, 15) is 53.7 Å². The molecule has 1 aliphatic heterocycles. The summed E-state index contributed by atoms with van der Waals surface area (Å²) in [6, 6.07) is 1.24. The van der Waals surface area contributed by atoms with Crippen LogP contribution in [0, 0.1) is 5.92 Å². The second-order valence-corrected chi connectivity index (χ2v) is 23.3. The van der Waals surface area contributed by atoms with Crippen molar-refractivity contribution in [2.24, 2.45) is 5.92 Å². The first kappa shape index (κ1) is 67.5. The van der Waals surface area contributed by atoms with Crippen LogP contribution in [0.2, 0.25) is 0 Å². The quantitative estimate of drug-likeness (QED) is 0.0138. The van der Waals surface area contributed by atoms with Crippen LogP contribution in [-0.4, -0.2) is 108 Å². The molecule has 1 aromatic heterocycles. The lowest BCUT2D eigenvalue weighted by Crippen LogP contribution is -2.36. The number of hydrogen-bond acceptors (Lipinski definition) is 17. The molecular weight excluding hydrogens is 1000 g/mol. The van der Waals surface area contributed by atoms with Crippen molar-refractivity contribution in [3.05, 3.63) is 34.9 Å². The predicted molar refractivity (Wildman–Crippen MR) is 282 cm³/mol. The van der Waals surface area contributed by atoms with Gasteiger partial charge < -0.3 is 50.2 Å². The van der Waals surface area contributed by atoms with E-state index in [4.69, 9.17) is 29.0 Å². The normalized spacial score (nSPS) is 19.9. The highest BCUT2D eigenvalue weighted by Crippen LogP contribution is 2.60. The van der Waals surface area contributed by atoms with Crippen LogP contribution in [0.15, 0.2) is 29.2 Å². The molecule has 1 saturated heterocycles. The Labute approximate surface area is 440 Å². The number of phosphoric ester groups is 2. The maximum Gasteiger partial charge on any atom is 0.481 e. The molecular formula is C52H95N3O17P2. The summed E-state index contributed by atoms with van der Waals surface area (Å²) in [7, 11) is -10.9. The van der Waals surface area contributed by atoms with Gasteiger partial charge in [0.25, 0.3) is 0 Å². The smallest absolute Gasteiger partial charge is 0.462 e. The Hall–Kier alpha value is -2.58. The number of allylic oxidation sites excluding steroid dienone is 1. The number of aromatic nitrogens is 2. The first-order chi connectivity index (χ1) is 35.3. The van der Waals surface area contributed by atoms with Crippen LogP contribution in [0.5, 0.6) is 0 Å². The number of carbonyl (C=O) groups excluding carboxylic acids is 2. The number of phosphoric acid groups is 2. The number of ether oxygens (including phenoxy) is 3. The number of hydrogen-bond donors (Lipinski definition) is 7. The molecule has 1 fully saturated rings. The third kappa shape index (κ3) is 32.2. The van der Waals surface area contributed by atoms with E-state index in [2.05, 4.69) is 30.1 Å². The summed E-state index contributed by atoms with van der Waals surface area (Å²) in [5.41, 5.74) is 4.58. The van der Waals surface area contributed by atoms with Gasteiger partial charge in [-0.2, -0.15) is 9.29 Å². The molecule has 20 nitrogen and oxygen atoms in total. The molecule has 2 heterocycles. The number of anilines is 1. The maximum absolute atomic E-state index is 12.9. The molecule has 0 aliphatic carbocycles. The van der Waals surface area contributed by atoms with Crippen LogP contribution in [-0.2, 0) is 46.3 Å². The first-order valence-corrected chi connectivity index (χ1v) is 30.7. The van der Waals surface area contributed by atoms with E-state index in [-0.39, 0.29) is 18.7 Å². The number of rotatable bonds is 46. The van der Waals surface area contributed by atoms with Crippen LogP contribution in [0.1, 0.15) is 220 Å². The van der Waals surface area contributed by atoms with Crippen LogP contribution in [0.25, 0.3) is 0 Å². The summed E-state index contributed by atoms with van der Waals surface area (Å²) >= 11 is 0. The van der Waals surface area contributed by atoms with Crippen molar-refractivity contribution in [2.75, 3.05) is 25.6 Å². The van der Waals surface area contributed by atoms with Crippen LogP contribution in [0.4, 0.5) is 5.82 Å². The van der Waals surface area contributed by atoms with E-state index in [0.717, 1.165) is 80.9 Å². The molecule has 0 amide bonds. The monoisotopic (exact) mass is 1100 g/mol. The average Bonchev–Trinajstić information content (AvgIpc) is 3.62. The van der Waals surface area contributed by atoms with E-state index in [1.807, 2.05) is 12.2 Å². The summed E-state index contributed by atoms with van der Waals surface area (Å²) in [5.74, 6) is -0.603. The zero-order valence-electron chi connectivity index (χ0n) is 44.8. The Morgan fingerprint density at radius 1 is 0.716 bits per heavy atom. The number of nitrogen functional groups attached to an aromatic ring is 1. The predicted octanol–water partition coefficient (Wildman–Crippen LogP) is 9.81. The van der Waals surface area contributed by atoms with Crippen molar-refractivity contribution in [1.29, 1.82) is 0 Å². The largest absolute Gasteiger partial charge is 0.481 e. The summed E-state index contributed by atoms with van der Waals surface area (Å²) in [6.45, 7) is 4.31. The summed E-state index contributed by atoms with van der Waals surface area (Å²) in [4.78, 5) is 62.1. The molecule has 9 atom stereocenters. The molecule has 22 heteroatoms. The molecule has 2 rings (SSSR count). The number of aliphatic hydroxyl groups is 4. The number of esters is 2. The SMILES string of the molecule is CCCCC/C=C\C[C@@H](O)[C@H](O)CCCCCCCC(=O)OC[C@H](COP(=O)(O)OP(=O)(O)OC[C@H]1O[C@@H](n2ccc(N)nc2=O)[C@H](O)[C@@H]1O)OC(=O)CCCCCCCCCCCCCCCCCCC(C)C. The first-order valence-electron chi connectivity index (χ1n) is 27.7. The summed E-state index contributed by atoms with van der Waals surface area (Å²) < 4.78 is 56.8. The zero-order chi connectivity index (χ0) is 54.6. The third-order valence-electron chi connectivity index (χ3n) is 13.0. The fourth-order valence-electron chi connectivity index (χ4n) is 8.52. The summed E-state index contributed by atoms with van der Waals surface area (Å²) in [6.07, 6.45) is 24.4. The molecule has 2 unspecified atom stereocenters. The molecule has 0 radical (unpaired) electrons. The lowest BCUT2D eigenvalue weighted by Gasteiger charge is -2.21. The zero-order valence-corrected chi connectivity index (χ0v) is 46.6. The number of unbranched alkanes of at least 4 members (excludes halogenated alkanes) is 22. The van der Waals surface area contributed by atoms with Gasteiger partial charge in [-0.15, -0.1) is 0 Å². The van der Waals surface area contributed by atoms with Gasteiger partial charge in [0, 0.05) is 19.0 Å². The van der Waals surface area contributed by atoms with E-state index < -0.39 is 95.9 Å². The Bertz CT molecular complexity index is 1840. The van der Waals surface area contributed by atoms with Gasteiger partial charge in [0.1, 0.15) is 30.7 Å². The molecule has 74 heavy (non-hydrogen) atoms. The molecule has 0 saturated carbocycles. The fourth-order valence-corrected chi connectivity index (χ4v) is 10.6. The lowest BCUT2D eigenvalue weighted by molar-refractivity contribution is -0.161. The van der Waals surface area contributed by atoms with Gasteiger partial charge in [0.05, 0.1) is 25.4 Å². The molecule has 430 valence electrons. The van der Waals surface area contributed by atoms with Crippen LogP contribution in [0.3, 0.4) is 0 Å². The Morgan fingerprint density at radius 3 is 1.80 bits per heavy atom. The van der Waals surface area contributed by atoms with E-state index in [1.54, 1.807) is 0 Å². The fraction of sp³-hybridized carbons (Fsp3) is 0.846. The maximum atomic E-state index is 12.9. The van der Waals surface area contributed by atoms with E-state index in [1.165, 1.54) is 83.1 Å². The van der Waals surface area contributed by atoms with Crippen molar-refractivity contribution >= 4 is 33.4 Å². The molecule has 0 aromatic carbocycles.